The first-order chi connectivity index (χ1) is 10.1. The van der Waals surface area contributed by atoms with Crippen molar-refractivity contribution >= 4 is 38.5 Å². The fraction of sp³-hybridized carbons (Fsp3) is 0. The number of hydrogen-bond donors (Lipinski definition) is 2. The Morgan fingerprint density at radius 3 is 2.57 bits per heavy atom. The predicted octanol–water partition coefficient (Wildman–Crippen LogP) is 3.69. The highest BCUT2D eigenvalue weighted by Crippen LogP contribution is 2.22. The molecule has 0 fully saturated rings. The number of halogens is 1. The number of benzene rings is 1. The molecule has 0 unspecified atom stereocenters. The molecule has 0 saturated heterocycles. The molecule has 1 amide bonds. The van der Waals surface area contributed by atoms with Crippen LogP contribution in [0.25, 0.3) is 16.7 Å². The molecule has 0 aliphatic carbocycles. The highest BCUT2D eigenvalue weighted by atomic mass is 79.9. The smallest absolute Gasteiger partial charge is 0.305 e. The van der Waals surface area contributed by atoms with Gasteiger partial charge in [0.25, 0.3) is 0 Å². The Hall–Kier alpha value is -2.47. The van der Waals surface area contributed by atoms with Crippen LogP contribution in [0.5, 0.6) is 0 Å². The van der Waals surface area contributed by atoms with Gasteiger partial charge in [0.05, 0.1) is 5.70 Å². The van der Waals surface area contributed by atoms with E-state index in [9.17, 15) is 4.79 Å². The third kappa shape index (κ3) is 2.85. The van der Waals surface area contributed by atoms with Gasteiger partial charge in [0.15, 0.2) is 16.2 Å². The van der Waals surface area contributed by atoms with Crippen LogP contribution in [0, 0.1) is 0 Å². The molecule has 3 rings (SSSR count). The summed E-state index contributed by atoms with van der Waals surface area (Å²) in [7, 11) is 0. The molecule has 3 aromatic rings. The van der Waals surface area contributed by atoms with Gasteiger partial charge >= 0.3 is 5.91 Å². The van der Waals surface area contributed by atoms with Crippen LogP contribution in [0.3, 0.4) is 0 Å². The highest BCUT2D eigenvalue weighted by Gasteiger charge is 2.11. The normalized spacial score (nSPS) is 10.5. The minimum Gasteiger partial charge on any atom is -0.454 e. The van der Waals surface area contributed by atoms with Gasteiger partial charge in [0, 0.05) is 5.39 Å². The van der Waals surface area contributed by atoms with Crippen LogP contribution in [0.1, 0.15) is 16.3 Å². The minimum atomic E-state index is -0.405. The van der Waals surface area contributed by atoms with E-state index in [1.807, 2.05) is 30.3 Å². The van der Waals surface area contributed by atoms with Gasteiger partial charge in [0.2, 0.25) is 0 Å². The molecule has 2 N–H and O–H groups in total. The zero-order chi connectivity index (χ0) is 14.8. The van der Waals surface area contributed by atoms with E-state index in [0.717, 1.165) is 11.0 Å². The number of hydrogen-bond acceptors (Lipinski definition) is 4. The van der Waals surface area contributed by atoms with Crippen molar-refractivity contribution in [3.05, 3.63) is 65.2 Å². The van der Waals surface area contributed by atoms with Crippen molar-refractivity contribution in [1.29, 1.82) is 0 Å². The van der Waals surface area contributed by atoms with Crippen LogP contribution in [0.15, 0.2) is 62.5 Å². The predicted molar refractivity (Wildman–Crippen MR) is 82.3 cm³/mol. The summed E-state index contributed by atoms with van der Waals surface area (Å²) in [4.78, 5) is 11.8. The number of hydrazine groups is 1. The van der Waals surface area contributed by atoms with E-state index >= 15 is 0 Å². The van der Waals surface area contributed by atoms with Crippen molar-refractivity contribution < 1.29 is 13.6 Å². The number of carbonyl (C=O) groups excluding carboxylic acids is 1. The van der Waals surface area contributed by atoms with Crippen LogP contribution < -0.4 is 10.9 Å². The number of furan rings is 2. The first-order valence-corrected chi connectivity index (χ1v) is 6.92. The van der Waals surface area contributed by atoms with E-state index in [1.54, 1.807) is 12.1 Å². The Morgan fingerprint density at radius 1 is 1.05 bits per heavy atom. The molecule has 0 saturated carbocycles. The molecular formula is C15H11BrN2O3. The Kier molecular flexibility index (Phi) is 3.53. The van der Waals surface area contributed by atoms with Gasteiger partial charge in [0.1, 0.15) is 5.58 Å². The molecule has 0 radical (unpaired) electrons. The lowest BCUT2D eigenvalue weighted by Gasteiger charge is -2.07. The lowest BCUT2D eigenvalue weighted by molar-refractivity contribution is 0.0913. The van der Waals surface area contributed by atoms with Crippen LogP contribution in [0.2, 0.25) is 0 Å². The monoisotopic (exact) mass is 346 g/mol. The minimum absolute atomic E-state index is 0.187. The standard InChI is InChI=1S/C15H11BrN2O3/c1-9(13-8-10-4-2-3-5-11(10)20-13)17-18-15(19)12-6-7-14(16)21-12/h2-8,17H,1H2,(H,18,19). The highest BCUT2D eigenvalue weighted by molar-refractivity contribution is 9.10. The zero-order valence-electron chi connectivity index (χ0n) is 10.9. The molecule has 106 valence electrons. The number of amides is 1. The molecule has 0 aliphatic heterocycles. The van der Waals surface area contributed by atoms with Crippen molar-refractivity contribution in [2.45, 2.75) is 0 Å². The second-order valence-electron chi connectivity index (χ2n) is 4.31. The summed E-state index contributed by atoms with van der Waals surface area (Å²) >= 11 is 3.14. The Labute approximate surface area is 128 Å². The van der Waals surface area contributed by atoms with Gasteiger partial charge in [-0.3, -0.25) is 15.6 Å². The molecule has 6 heteroatoms. The average Bonchev–Trinajstić information content (AvgIpc) is 3.10. The molecule has 21 heavy (non-hydrogen) atoms. The van der Waals surface area contributed by atoms with Gasteiger partial charge in [-0.1, -0.05) is 24.8 Å². The molecule has 0 aliphatic rings. The Balaban J connectivity index is 1.67. The maximum Gasteiger partial charge on any atom is 0.305 e. The maximum absolute atomic E-state index is 11.8. The fourth-order valence-corrected chi connectivity index (χ4v) is 2.13. The lowest BCUT2D eigenvalue weighted by Crippen LogP contribution is -2.35. The van der Waals surface area contributed by atoms with Crippen molar-refractivity contribution in [2.75, 3.05) is 0 Å². The zero-order valence-corrected chi connectivity index (χ0v) is 12.4. The van der Waals surface area contributed by atoms with Crippen molar-refractivity contribution in [3.63, 3.8) is 0 Å². The van der Waals surface area contributed by atoms with Gasteiger partial charge < -0.3 is 8.83 Å². The molecule has 2 heterocycles. The second kappa shape index (κ2) is 5.49. The maximum atomic E-state index is 11.8. The van der Waals surface area contributed by atoms with Gasteiger partial charge in [-0.05, 0) is 40.2 Å². The second-order valence-corrected chi connectivity index (χ2v) is 5.09. The molecule has 2 aromatic heterocycles. The SMILES string of the molecule is C=C(NNC(=O)c1ccc(Br)o1)c1cc2ccccc2o1. The van der Waals surface area contributed by atoms with Crippen molar-refractivity contribution in [2.24, 2.45) is 0 Å². The van der Waals surface area contributed by atoms with Crippen LogP contribution in [-0.2, 0) is 0 Å². The van der Waals surface area contributed by atoms with Gasteiger partial charge in [-0.15, -0.1) is 0 Å². The summed E-state index contributed by atoms with van der Waals surface area (Å²) in [5.41, 5.74) is 6.41. The number of nitrogens with one attached hydrogen (secondary N) is 2. The number of rotatable bonds is 4. The molecule has 0 bridgehead atoms. The first-order valence-electron chi connectivity index (χ1n) is 6.13. The number of para-hydroxylation sites is 1. The van der Waals surface area contributed by atoms with Crippen LogP contribution in [0.4, 0.5) is 0 Å². The van der Waals surface area contributed by atoms with E-state index in [1.165, 1.54) is 0 Å². The topological polar surface area (TPSA) is 67.4 Å². The molecule has 0 spiro atoms. The van der Waals surface area contributed by atoms with Crippen LogP contribution in [-0.4, -0.2) is 5.91 Å². The third-order valence-electron chi connectivity index (χ3n) is 2.85. The molecular weight excluding hydrogens is 336 g/mol. The molecule has 1 aromatic carbocycles. The van der Waals surface area contributed by atoms with Crippen LogP contribution >= 0.6 is 15.9 Å². The first kappa shape index (κ1) is 13.5. The summed E-state index contributed by atoms with van der Waals surface area (Å²) in [5.74, 6) is 0.335. The van der Waals surface area contributed by atoms with Crippen molar-refractivity contribution in [1.82, 2.24) is 10.9 Å². The van der Waals surface area contributed by atoms with E-state index in [0.29, 0.717) is 16.1 Å². The lowest BCUT2D eigenvalue weighted by atomic mass is 10.2. The van der Waals surface area contributed by atoms with Crippen molar-refractivity contribution in [3.8, 4) is 0 Å². The summed E-state index contributed by atoms with van der Waals surface area (Å²) in [6.45, 7) is 3.83. The number of carbonyl (C=O) groups is 1. The summed E-state index contributed by atoms with van der Waals surface area (Å²) in [6.07, 6.45) is 0. The van der Waals surface area contributed by atoms with Gasteiger partial charge in [-0.25, -0.2) is 0 Å². The molecule has 0 atom stereocenters. The number of fused-ring (bicyclic) bond motifs is 1. The summed E-state index contributed by atoms with van der Waals surface area (Å²) in [6, 6.07) is 12.7. The summed E-state index contributed by atoms with van der Waals surface area (Å²) in [5, 5.41) is 0.969. The fourth-order valence-electron chi connectivity index (χ4n) is 1.82. The Morgan fingerprint density at radius 2 is 1.86 bits per heavy atom. The third-order valence-corrected chi connectivity index (χ3v) is 3.27. The largest absolute Gasteiger partial charge is 0.454 e. The van der Waals surface area contributed by atoms with Gasteiger partial charge in [-0.2, -0.15) is 0 Å². The quantitative estimate of drug-likeness (QED) is 0.707. The van der Waals surface area contributed by atoms with E-state index < -0.39 is 5.91 Å². The molecule has 5 nitrogen and oxygen atoms in total. The summed E-state index contributed by atoms with van der Waals surface area (Å²) < 4.78 is 11.3. The van der Waals surface area contributed by atoms with E-state index in [4.69, 9.17) is 8.83 Å². The Bertz CT molecular complexity index is 786. The van der Waals surface area contributed by atoms with E-state index in [2.05, 4.69) is 33.4 Å². The van der Waals surface area contributed by atoms with E-state index in [-0.39, 0.29) is 5.76 Å². The average molecular weight is 347 g/mol.